The molecule has 0 unspecified atom stereocenters. The maximum absolute atomic E-state index is 13.9. The van der Waals surface area contributed by atoms with Crippen molar-refractivity contribution in [1.29, 1.82) is 0 Å². The SMILES string of the molecule is COCCOC(=O)C1=C(C)NC2=C(C(=O)C[C@H](c3ccccc3)C2)[C@@H]1c1ccccc1OCc1ccccc1. The highest BCUT2D eigenvalue weighted by Crippen LogP contribution is 2.47. The van der Waals surface area contributed by atoms with Crippen LogP contribution in [0.5, 0.6) is 5.75 Å². The maximum atomic E-state index is 13.9. The lowest BCUT2D eigenvalue weighted by Gasteiger charge is -2.37. The first-order valence-corrected chi connectivity index (χ1v) is 13.3. The van der Waals surface area contributed by atoms with Crippen LogP contribution in [0.3, 0.4) is 0 Å². The summed E-state index contributed by atoms with van der Waals surface area (Å²) in [6, 6.07) is 27.7. The summed E-state index contributed by atoms with van der Waals surface area (Å²) in [5, 5.41) is 3.41. The Morgan fingerprint density at radius 1 is 0.897 bits per heavy atom. The van der Waals surface area contributed by atoms with Gasteiger partial charge >= 0.3 is 5.97 Å². The molecular weight excluding hydrogens is 490 g/mol. The highest BCUT2D eigenvalue weighted by molar-refractivity contribution is 6.04. The second-order valence-electron chi connectivity index (χ2n) is 9.87. The number of nitrogens with one attached hydrogen (secondary N) is 1. The van der Waals surface area contributed by atoms with Crippen LogP contribution in [0.25, 0.3) is 0 Å². The molecule has 5 rings (SSSR count). The van der Waals surface area contributed by atoms with E-state index in [0.29, 0.717) is 48.6 Å². The van der Waals surface area contributed by atoms with E-state index in [1.807, 2.05) is 79.7 Å². The van der Waals surface area contributed by atoms with Gasteiger partial charge in [0, 0.05) is 36.1 Å². The predicted molar refractivity (Wildman–Crippen MR) is 149 cm³/mol. The lowest BCUT2D eigenvalue weighted by Crippen LogP contribution is -2.36. The van der Waals surface area contributed by atoms with Gasteiger partial charge in [0.2, 0.25) is 0 Å². The summed E-state index contributed by atoms with van der Waals surface area (Å²) < 4.78 is 17.0. The number of methoxy groups -OCH3 is 1. The number of para-hydroxylation sites is 1. The molecule has 200 valence electrons. The number of rotatable bonds is 9. The lowest BCUT2D eigenvalue weighted by atomic mass is 9.71. The molecule has 1 aliphatic heterocycles. The standard InChI is InChI=1S/C33H33NO5/c1-22-30(33(36)38-18-17-37-2)31(26-15-9-10-16-29(26)39-21-23-11-5-3-6-12-23)32-27(34-22)19-25(20-28(32)35)24-13-7-4-8-14-24/h3-16,25,31,34H,17-21H2,1-2H3/t25-,31-/m1/s1. The first-order valence-electron chi connectivity index (χ1n) is 13.3. The van der Waals surface area contributed by atoms with E-state index in [1.165, 1.54) is 0 Å². The molecule has 0 saturated heterocycles. The van der Waals surface area contributed by atoms with E-state index in [-0.39, 0.29) is 18.3 Å². The number of Topliss-reactive ketones (excluding diaryl/α,β-unsaturated/α-hetero) is 1. The molecule has 1 N–H and O–H groups in total. The number of carbonyl (C=O) groups excluding carboxylic acids is 2. The summed E-state index contributed by atoms with van der Waals surface area (Å²) in [7, 11) is 1.56. The highest BCUT2D eigenvalue weighted by atomic mass is 16.6. The van der Waals surface area contributed by atoms with Gasteiger partial charge in [0.15, 0.2) is 5.78 Å². The van der Waals surface area contributed by atoms with Gasteiger partial charge < -0.3 is 19.5 Å². The molecule has 0 radical (unpaired) electrons. The first kappa shape index (κ1) is 26.4. The molecule has 2 atom stereocenters. The van der Waals surface area contributed by atoms with Crippen molar-refractivity contribution in [1.82, 2.24) is 5.32 Å². The van der Waals surface area contributed by atoms with Crippen molar-refractivity contribution in [2.75, 3.05) is 20.3 Å². The minimum Gasteiger partial charge on any atom is -0.489 e. The monoisotopic (exact) mass is 523 g/mol. The third-order valence-electron chi connectivity index (χ3n) is 7.31. The fraction of sp³-hybridized carbons (Fsp3) is 0.273. The van der Waals surface area contributed by atoms with E-state index in [2.05, 4.69) is 17.4 Å². The van der Waals surface area contributed by atoms with Crippen LogP contribution in [0.1, 0.15) is 48.3 Å². The Morgan fingerprint density at radius 3 is 2.33 bits per heavy atom. The summed E-state index contributed by atoms with van der Waals surface area (Å²) in [4.78, 5) is 27.4. The Labute approximate surface area is 229 Å². The largest absolute Gasteiger partial charge is 0.489 e. The minimum absolute atomic E-state index is 0.0233. The van der Waals surface area contributed by atoms with Crippen LogP contribution >= 0.6 is 0 Å². The zero-order valence-corrected chi connectivity index (χ0v) is 22.3. The quantitative estimate of drug-likeness (QED) is 0.282. The molecule has 0 aromatic heterocycles. The van der Waals surface area contributed by atoms with Gasteiger partial charge in [0.1, 0.15) is 19.0 Å². The highest BCUT2D eigenvalue weighted by Gasteiger charge is 2.42. The van der Waals surface area contributed by atoms with Gasteiger partial charge in [0.25, 0.3) is 0 Å². The smallest absolute Gasteiger partial charge is 0.336 e. The van der Waals surface area contributed by atoms with Crippen LogP contribution in [0, 0.1) is 0 Å². The van der Waals surface area contributed by atoms with Crippen molar-refractivity contribution in [2.24, 2.45) is 0 Å². The van der Waals surface area contributed by atoms with Crippen molar-refractivity contribution >= 4 is 11.8 Å². The van der Waals surface area contributed by atoms with E-state index >= 15 is 0 Å². The third kappa shape index (κ3) is 5.81. The van der Waals surface area contributed by atoms with E-state index in [4.69, 9.17) is 14.2 Å². The Bertz CT molecular complexity index is 1390. The normalized spacial score (nSPS) is 18.9. The summed E-state index contributed by atoms with van der Waals surface area (Å²) in [6.45, 7) is 2.66. The second kappa shape index (κ2) is 12.1. The molecule has 1 heterocycles. The third-order valence-corrected chi connectivity index (χ3v) is 7.31. The molecule has 3 aromatic rings. The number of benzene rings is 3. The molecule has 39 heavy (non-hydrogen) atoms. The molecule has 6 heteroatoms. The van der Waals surface area contributed by atoms with Crippen LogP contribution in [-0.4, -0.2) is 32.1 Å². The number of esters is 1. The number of dihydropyridines is 1. The summed E-state index contributed by atoms with van der Waals surface area (Å²) in [5.74, 6) is -0.349. The van der Waals surface area contributed by atoms with E-state index in [0.717, 1.165) is 22.4 Å². The average molecular weight is 524 g/mol. The molecule has 3 aromatic carbocycles. The van der Waals surface area contributed by atoms with Gasteiger partial charge in [0.05, 0.1) is 18.1 Å². The zero-order valence-electron chi connectivity index (χ0n) is 22.3. The van der Waals surface area contributed by atoms with Crippen LogP contribution < -0.4 is 10.1 Å². The fourth-order valence-corrected chi connectivity index (χ4v) is 5.46. The Kier molecular flexibility index (Phi) is 8.23. The van der Waals surface area contributed by atoms with Gasteiger partial charge in [-0.15, -0.1) is 0 Å². The second-order valence-corrected chi connectivity index (χ2v) is 9.87. The number of ether oxygens (including phenoxy) is 3. The van der Waals surface area contributed by atoms with Crippen molar-refractivity contribution in [3.8, 4) is 5.75 Å². The van der Waals surface area contributed by atoms with Gasteiger partial charge in [-0.25, -0.2) is 4.79 Å². The van der Waals surface area contributed by atoms with Crippen LogP contribution in [0.15, 0.2) is 107 Å². The molecular formula is C33H33NO5. The number of hydrogen-bond acceptors (Lipinski definition) is 6. The van der Waals surface area contributed by atoms with Crippen LogP contribution in [0.2, 0.25) is 0 Å². The van der Waals surface area contributed by atoms with Crippen molar-refractivity contribution in [3.05, 3.63) is 124 Å². The fourth-order valence-electron chi connectivity index (χ4n) is 5.46. The molecule has 0 bridgehead atoms. The van der Waals surface area contributed by atoms with E-state index in [1.54, 1.807) is 7.11 Å². The van der Waals surface area contributed by atoms with Gasteiger partial charge in [-0.1, -0.05) is 78.9 Å². The summed E-state index contributed by atoms with van der Waals surface area (Å²) in [6.07, 6.45) is 1.05. The molecule has 1 aliphatic carbocycles. The Hall–Kier alpha value is -4.16. The Balaban J connectivity index is 1.55. The van der Waals surface area contributed by atoms with Crippen LogP contribution in [0.4, 0.5) is 0 Å². The van der Waals surface area contributed by atoms with E-state index in [9.17, 15) is 9.59 Å². The van der Waals surface area contributed by atoms with Crippen LogP contribution in [-0.2, 0) is 25.7 Å². The average Bonchev–Trinajstić information content (AvgIpc) is 2.96. The zero-order chi connectivity index (χ0) is 27.2. The van der Waals surface area contributed by atoms with Gasteiger partial charge in [-0.05, 0) is 36.5 Å². The topological polar surface area (TPSA) is 73.9 Å². The van der Waals surface area contributed by atoms with Crippen molar-refractivity contribution < 1.29 is 23.8 Å². The number of hydrogen-bond donors (Lipinski definition) is 1. The summed E-state index contributed by atoms with van der Waals surface area (Å²) in [5.41, 5.74) is 5.51. The molecule has 0 saturated carbocycles. The minimum atomic E-state index is -0.604. The van der Waals surface area contributed by atoms with Gasteiger partial charge in [-0.3, -0.25) is 4.79 Å². The van der Waals surface area contributed by atoms with Crippen molar-refractivity contribution in [2.45, 2.75) is 38.2 Å². The molecule has 6 nitrogen and oxygen atoms in total. The number of allylic oxidation sites excluding steroid dienone is 3. The van der Waals surface area contributed by atoms with Gasteiger partial charge in [-0.2, -0.15) is 0 Å². The number of carbonyl (C=O) groups is 2. The molecule has 2 aliphatic rings. The lowest BCUT2D eigenvalue weighted by molar-refractivity contribution is -0.140. The van der Waals surface area contributed by atoms with Crippen molar-refractivity contribution in [3.63, 3.8) is 0 Å². The van der Waals surface area contributed by atoms with E-state index < -0.39 is 11.9 Å². The first-order chi connectivity index (χ1) is 19.1. The Morgan fingerprint density at radius 2 is 1.59 bits per heavy atom. The maximum Gasteiger partial charge on any atom is 0.336 e. The molecule has 0 amide bonds. The molecule has 0 fully saturated rings. The predicted octanol–water partition coefficient (Wildman–Crippen LogP) is 5.82. The molecule has 0 spiro atoms. The summed E-state index contributed by atoms with van der Waals surface area (Å²) >= 11 is 0. The number of ketones is 1.